The molecule has 1 unspecified atom stereocenters. The van der Waals surface area contributed by atoms with Crippen molar-refractivity contribution in [3.8, 4) is 0 Å². The Kier molecular flexibility index (Phi) is 5.37. The number of aliphatic hydroxyl groups excluding tert-OH is 1. The molecule has 1 aliphatic heterocycles. The number of halogens is 1. The molecule has 1 aromatic heterocycles. The molecule has 0 bridgehead atoms. The van der Waals surface area contributed by atoms with Gasteiger partial charge in [0.25, 0.3) is 0 Å². The van der Waals surface area contributed by atoms with Crippen LogP contribution in [-0.4, -0.2) is 40.1 Å². The minimum atomic E-state index is -0.619. The molecule has 0 aromatic carbocycles. The van der Waals surface area contributed by atoms with E-state index in [-0.39, 0.29) is 17.9 Å². The van der Waals surface area contributed by atoms with Gasteiger partial charge in [-0.3, -0.25) is 4.98 Å². The quantitative estimate of drug-likeness (QED) is 0.842. The van der Waals surface area contributed by atoms with Gasteiger partial charge in [-0.15, -0.1) is 0 Å². The highest BCUT2D eigenvalue weighted by Gasteiger charge is 2.34. The lowest BCUT2D eigenvalue weighted by molar-refractivity contribution is 0.0487. The molecule has 3 rings (SSSR count). The Morgan fingerprint density at radius 3 is 2.65 bits per heavy atom. The van der Waals surface area contributed by atoms with Crippen molar-refractivity contribution < 1.29 is 19.0 Å². The number of aromatic nitrogens is 1. The third kappa shape index (κ3) is 4.44. The molecule has 1 amide bonds. The van der Waals surface area contributed by atoms with E-state index in [9.17, 15) is 14.3 Å². The van der Waals surface area contributed by atoms with Crippen molar-refractivity contribution in [3.05, 3.63) is 23.8 Å². The number of ether oxygens (including phenoxy) is 1. The average Bonchev–Trinajstić information content (AvgIpc) is 2.54. The summed E-state index contributed by atoms with van der Waals surface area (Å²) in [5, 5.41) is 13.4. The van der Waals surface area contributed by atoms with Crippen LogP contribution in [0.15, 0.2) is 12.3 Å². The van der Waals surface area contributed by atoms with Crippen molar-refractivity contribution in [2.75, 3.05) is 4.90 Å². The Hall–Kier alpha value is -1.89. The Morgan fingerprint density at radius 1 is 1.31 bits per heavy atom. The first-order valence-corrected chi connectivity index (χ1v) is 9.33. The molecule has 0 radical (unpaired) electrons. The summed E-state index contributed by atoms with van der Waals surface area (Å²) in [6.07, 6.45) is 4.69. The number of hydrogen-bond acceptors (Lipinski definition) is 5. The fourth-order valence-corrected chi connectivity index (χ4v) is 3.85. The highest BCUT2D eigenvalue weighted by molar-refractivity contribution is 5.68. The Labute approximate surface area is 153 Å². The van der Waals surface area contributed by atoms with E-state index in [1.807, 2.05) is 25.7 Å². The molecule has 2 aliphatic rings. The van der Waals surface area contributed by atoms with E-state index in [0.717, 1.165) is 31.4 Å². The van der Waals surface area contributed by atoms with Crippen molar-refractivity contribution >= 4 is 11.8 Å². The van der Waals surface area contributed by atoms with Crippen LogP contribution in [0, 0.1) is 5.82 Å². The number of aryl methyl sites for hydroxylation is 1. The number of rotatable bonds is 2. The number of hydrogen-bond donors (Lipinski definition) is 2. The molecule has 6 nitrogen and oxygen atoms in total. The molecular weight excluding hydrogens is 337 g/mol. The lowest BCUT2D eigenvalue weighted by Gasteiger charge is -2.43. The summed E-state index contributed by atoms with van der Waals surface area (Å²) < 4.78 is 19.0. The number of carbonyl (C=O) groups excluding carboxylic acids is 1. The van der Waals surface area contributed by atoms with Gasteiger partial charge >= 0.3 is 6.09 Å². The lowest BCUT2D eigenvalue weighted by Crippen LogP contribution is -2.50. The molecule has 1 saturated carbocycles. The normalized spacial score (nSPS) is 26.2. The highest BCUT2D eigenvalue weighted by atomic mass is 19.1. The van der Waals surface area contributed by atoms with Crippen LogP contribution in [0.2, 0.25) is 0 Å². The van der Waals surface area contributed by atoms with Crippen molar-refractivity contribution in [1.82, 2.24) is 10.3 Å². The minimum absolute atomic E-state index is 0.0631. The van der Waals surface area contributed by atoms with Gasteiger partial charge in [0.05, 0.1) is 17.6 Å². The lowest BCUT2D eigenvalue weighted by atomic mass is 9.88. The number of aliphatic hydroxyl groups is 1. The zero-order valence-corrected chi connectivity index (χ0v) is 15.7. The van der Waals surface area contributed by atoms with Crippen LogP contribution >= 0.6 is 0 Å². The van der Waals surface area contributed by atoms with Gasteiger partial charge < -0.3 is 20.1 Å². The van der Waals surface area contributed by atoms with Crippen molar-refractivity contribution in [1.29, 1.82) is 0 Å². The number of fused-ring (bicyclic) bond motifs is 1. The molecule has 1 aliphatic carbocycles. The van der Waals surface area contributed by atoms with E-state index < -0.39 is 17.9 Å². The van der Waals surface area contributed by atoms with E-state index >= 15 is 0 Å². The standard InChI is InChI=1S/C19H28FN3O3/c1-19(2,3)26-18(25)22-13-4-6-14(7-5-13)23-16-10-12(20)11-21-15(16)8-9-17(23)24/h10-11,13-14,17,24H,4-9H2,1-3H3,(H,22,25)/t13-,14-,17?. The molecule has 26 heavy (non-hydrogen) atoms. The predicted octanol–water partition coefficient (Wildman–Crippen LogP) is 3.13. The number of nitrogens with zero attached hydrogens (tertiary/aromatic N) is 2. The molecule has 1 fully saturated rings. The van der Waals surface area contributed by atoms with Gasteiger partial charge in [0.2, 0.25) is 0 Å². The van der Waals surface area contributed by atoms with E-state index in [1.165, 1.54) is 12.3 Å². The SMILES string of the molecule is CC(C)(C)OC(=O)N[C@H]1CC[C@H](N2c3cc(F)cnc3CCC2O)CC1. The van der Waals surface area contributed by atoms with E-state index in [0.29, 0.717) is 18.5 Å². The zero-order valence-electron chi connectivity index (χ0n) is 15.7. The maximum atomic E-state index is 13.7. The van der Waals surface area contributed by atoms with Gasteiger partial charge in [-0.2, -0.15) is 0 Å². The van der Waals surface area contributed by atoms with Crippen LogP contribution in [0.5, 0.6) is 0 Å². The molecular formula is C19H28FN3O3. The fourth-order valence-electron chi connectivity index (χ4n) is 3.85. The third-order valence-corrected chi connectivity index (χ3v) is 4.96. The second kappa shape index (κ2) is 7.39. The van der Waals surface area contributed by atoms with E-state index in [4.69, 9.17) is 4.74 Å². The maximum Gasteiger partial charge on any atom is 0.407 e. The maximum absolute atomic E-state index is 13.7. The monoisotopic (exact) mass is 365 g/mol. The van der Waals surface area contributed by atoms with Crippen LogP contribution in [-0.2, 0) is 11.2 Å². The second-order valence-electron chi connectivity index (χ2n) is 8.20. The average molecular weight is 365 g/mol. The first-order valence-electron chi connectivity index (χ1n) is 9.33. The number of amides is 1. The molecule has 1 atom stereocenters. The van der Waals surface area contributed by atoms with Crippen LogP contribution in [0.25, 0.3) is 0 Å². The Bertz CT molecular complexity index is 654. The van der Waals surface area contributed by atoms with Crippen LogP contribution < -0.4 is 10.2 Å². The summed E-state index contributed by atoms with van der Waals surface area (Å²) >= 11 is 0. The largest absolute Gasteiger partial charge is 0.444 e. The summed E-state index contributed by atoms with van der Waals surface area (Å²) in [4.78, 5) is 18.0. The molecule has 1 aromatic rings. The topological polar surface area (TPSA) is 74.7 Å². The van der Waals surface area contributed by atoms with Crippen LogP contribution in [0.1, 0.15) is 58.6 Å². The minimum Gasteiger partial charge on any atom is -0.444 e. The van der Waals surface area contributed by atoms with Gasteiger partial charge in [0, 0.05) is 18.2 Å². The summed E-state index contributed by atoms with van der Waals surface area (Å²) in [6.45, 7) is 5.52. The summed E-state index contributed by atoms with van der Waals surface area (Å²) in [5.41, 5.74) is 1.03. The molecule has 0 saturated heterocycles. The summed E-state index contributed by atoms with van der Waals surface area (Å²) in [7, 11) is 0. The van der Waals surface area contributed by atoms with Crippen molar-refractivity contribution in [2.24, 2.45) is 0 Å². The zero-order chi connectivity index (χ0) is 18.9. The first kappa shape index (κ1) is 18.9. The Balaban J connectivity index is 1.62. The second-order valence-corrected chi connectivity index (χ2v) is 8.20. The van der Waals surface area contributed by atoms with Gasteiger partial charge in [-0.1, -0.05) is 0 Å². The smallest absolute Gasteiger partial charge is 0.407 e. The van der Waals surface area contributed by atoms with Gasteiger partial charge in [0.15, 0.2) is 0 Å². The van der Waals surface area contributed by atoms with E-state index in [1.54, 1.807) is 0 Å². The fraction of sp³-hybridized carbons (Fsp3) is 0.684. The van der Waals surface area contributed by atoms with Crippen LogP contribution in [0.4, 0.5) is 14.9 Å². The number of carbonyl (C=O) groups is 1. The van der Waals surface area contributed by atoms with Gasteiger partial charge in [-0.25, -0.2) is 9.18 Å². The number of alkyl carbamates (subject to hydrolysis) is 1. The molecule has 144 valence electrons. The number of pyridine rings is 1. The highest BCUT2D eigenvalue weighted by Crippen LogP contribution is 2.35. The molecule has 2 N–H and O–H groups in total. The number of anilines is 1. The van der Waals surface area contributed by atoms with E-state index in [2.05, 4.69) is 10.3 Å². The predicted molar refractivity (Wildman–Crippen MR) is 96.4 cm³/mol. The molecule has 2 heterocycles. The first-order chi connectivity index (χ1) is 12.2. The Morgan fingerprint density at radius 2 is 2.00 bits per heavy atom. The van der Waals surface area contributed by atoms with Gasteiger partial charge in [-0.05, 0) is 59.3 Å². The van der Waals surface area contributed by atoms with Gasteiger partial charge in [0.1, 0.15) is 17.6 Å². The van der Waals surface area contributed by atoms with Crippen molar-refractivity contribution in [2.45, 2.75) is 83.2 Å². The summed E-state index contributed by atoms with van der Waals surface area (Å²) in [6, 6.07) is 1.65. The molecule has 7 heteroatoms. The third-order valence-electron chi connectivity index (χ3n) is 4.96. The summed E-state index contributed by atoms with van der Waals surface area (Å²) in [5.74, 6) is -0.386. The van der Waals surface area contributed by atoms with Crippen LogP contribution in [0.3, 0.4) is 0 Å². The molecule has 0 spiro atoms. The van der Waals surface area contributed by atoms with Crippen molar-refractivity contribution in [3.63, 3.8) is 0 Å². The number of nitrogens with one attached hydrogen (secondary N) is 1.